The van der Waals surface area contributed by atoms with E-state index in [4.69, 9.17) is 11.6 Å². The number of rotatable bonds is 2. The average Bonchev–Trinajstić information content (AvgIpc) is 2.48. The third-order valence-electron chi connectivity index (χ3n) is 3.77. The van der Waals surface area contributed by atoms with Crippen molar-refractivity contribution in [3.8, 4) is 0 Å². The second-order valence-corrected chi connectivity index (χ2v) is 5.68. The number of aryl methyl sites for hydroxylation is 1. The predicted molar refractivity (Wildman–Crippen MR) is 80.7 cm³/mol. The molecule has 0 bridgehead atoms. The lowest BCUT2D eigenvalue weighted by molar-refractivity contribution is 0.321. The monoisotopic (exact) mass is 287 g/mol. The Labute approximate surface area is 124 Å². The van der Waals surface area contributed by atoms with Gasteiger partial charge in [-0.25, -0.2) is 0 Å². The fourth-order valence-electron chi connectivity index (χ4n) is 2.80. The number of pyridine rings is 2. The number of nitrogens with zero attached hydrogens (tertiary/aromatic N) is 2. The minimum atomic E-state index is 0.213. The maximum absolute atomic E-state index is 6.26. The molecule has 1 aliphatic heterocycles. The Hall–Kier alpha value is -1.45. The van der Waals surface area contributed by atoms with E-state index in [1.54, 1.807) is 6.20 Å². The molecule has 0 aromatic carbocycles. The first kappa shape index (κ1) is 13.5. The van der Waals surface area contributed by atoms with Gasteiger partial charge in [-0.3, -0.25) is 9.97 Å². The molecule has 0 radical (unpaired) electrons. The largest absolute Gasteiger partial charge is 0.300 e. The van der Waals surface area contributed by atoms with Gasteiger partial charge in [0.25, 0.3) is 0 Å². The molecule has 3 nitrogen and oxygen atoms in total. The van der Waals surface area contributed by atoms with Crippen LogP contribution in [0.4, 0.5) is 0 Å². The van der Waals surface area contributed by atoms with Crippen molar-refractivity contribution in [2.45, 2.75) is 38.3 Å². The highest BCUT2D eigenvalue weighted by atomic mass is 35.5. The third kappa shape index (κ3) is 2.84. The third-order valence-corrected chi connectivity index (χ3v) is 4.09. The summed E-state index contributed by atoms with van der Waals surface area (Å²) >= 11 is 6.26. The summed E-state index contributed by atoms with van der Waals surface area (Å²) in [5.74, 6) is 0. The van der Waals surface area contributed by atoms with Gasteiger partial charge in [-0.1, -0.05) is 17.7 Å². The summed E-state index contributed by atoms with van der Waals surface area (Å²) in [5, 5.41) is 4.38. The Morgan fingerprint density at radius 1 is 1.15 bits per heavy atom. The Bertz CT molecular complexity index is 600. The first-order valence-electron chi connectivity index (χ1n) is 7.04. The van der Waals surface area contributed by atoms with E-state index in [-0.39, 0.29) is 12.1 Å². The number of hydrogen-bond donors (Lipinski definition) is 1. The summed E-state index contributed by atoms with van der Waals surface area (Å²) < 4.78 is 0. The topological polar surface area (TPSA) is 37.8 Å². The van der Waals surface area contributed by atoms with Crippen LogP contribution in [0, 0.1) is 6.92 Å². The van der Waals surface area contributed by atoms with E-state index in [2.05, 4.69) is 27.4 Å². The molecule has 3 heterocycles. The molecule has 4 heteroatoms. The Morgan fingerprint density at radius 3 is 2.80 bits per heavy atom. The molecule has 0 saturated carbocycles. The number of hydrogen-bond acceptors (Lipinski definition) is 3. The first-order valence-corrected chi connectivity index (χ1v) is 7.42. The quantitative estimate of drug-likeness (QED) is 0.907. The van der Waals surface area contributed by atoms with Crippen molar-refractivity contribution in [2.75, 3.05) is 0 Å². The maximum atomic E-state index is 6.26. The van der Waals surface area contributed by atoms with Gasteiger partial charge in [0.15, 0.2) is 0 Å². The van der Waals surface area contributed by atoms with Gasteiger partial charge >= 0.3 is 0 Å². The zero-order chi connectivity index (χ0) is 13.9. The van der Waals surface area contributed by atoms with Crippen LogP contribution in [0.25, 0.3) is 0 Å². The van der Waals surface area contributed by atoms with Crippen LogP contribution in [0.3, 0.4) is 0 Å². The molecular weight excluding hydrogens is 270 g/mol. The predicted octanol–water partition coefficient (Wildman–Crippen LogP) is 3.99. The normalized spacial score (nSPS) is 22.7. The van der Waals surface area contributed by atoms with E-state index in [0.717, 1.165) is 41.4 Å². The molecule has 2 unspecified atom stereocenters. The van der Waals surface area contributed by atoms with Crippen LogP contribution in [-0.4, -0.2) is 9.97 Å². The zero-order valence-corrected chi connectivity index (χ0v) is 12.3. The van der Waals surface area contributed by atoms with Gasteiger partial charge in [0, 0.05) is 17.9 Å². The molecule has 2 aromatic rings. The van der Waals surface area contributed by atoms with Crippen LogP contribution < -0.4 is 5.32 Å². The minimum absolute atomic E-state index is 0.213. The van der Waals surface area contributed by atoms with Crippen molar-refractivity contribution in [3.05, 3.63) is 58.6 Å². The molecule has 0 amide bonds. The van der Waals surface area contributed by atoms with Gasteiger partial charge in [-0.15, -0.1) is 0 Å². The van der Waals surface area contributed by atoms with E-state index in [1.807, 2.05) is 25.1 Å². The molecule has 0 spiro atoms. The van der Waals surface area contributed by atoms with Gasteiger partial charge in [-0.2, -0.15) is 0 Å². The van der Waals surface area contributed by atoms with Gasteiger partial charge in [0.05, 0.1) is 22.5 Å². The smallest absolute Gasteiger partial charge is 0.0759 e. The van der Waals surface area contributed by atoms with E-state index < -0.39 is 0 Å². The summed E-state index contributed by atoms with van der Waals surface area (Å²) in [7, 11) is 0. The average molecular weight is 288 g/mol. The van der Waals surface area contributed by atoms with Crippen molar-refractivity contribution >= 4 is 11.6 Å². The molecule has 0 aliphatic carbocycles. The van der Waals surface area contributed by atoms with Crippen molar-refractivity contribution in [1.82, 2.24) is 15.3 Å². The molecule has 1 N–H and O–H groups in total. The maximum Gasteiger partial charge on any atom is 0.0759 e. The fraction of sp³-hybridized carbons (Fsp3) is 0.375. The zero-order valence-electron chi connectivity index (χ0n) is 11.5. The lowest BCUT2D eigenvalue weighted by Gasteiger charge is -2.31. The number of halogens is 1. The summed E-state index contributed by atoms with van der Waals surface area (Å²) in [6, 6.07) is 10.5. The van der Waals surface area contributed by atoms with E-state index in [1.165, 1.54) is 0 Å². The van der Waals surface area contributed by atoms with Crippen molar-refractivity contribution in [3.63, 3.8) is 0 Å². The molecule has 1 aliphatic rings. The highest BCUT2D eigenvalue weighted by Crippen LogP contribution is 2.33. The van der Waals surface area contributed by atoms with E-state index in [0.29, 0.717) is 0 Å². The van der Waals surface area contributed by atoms with Crippen molar-refractivity contribution in [2.24, 2.45) is 0 Å². The molecule has 2 atom stereocenters. The summed E-state index contributed by atoms with van der Waals surface area (Å²) in [6.07, 6.45) is 5.14. The Kier molecular flexibility index (Phi) is 3.99. The standard InChI is InChI=1S/C16H18ClN3/c1-11-5-2-7-13(19-11)14-8-3-9-15(20-14)16-12(17)6-4-10-18-16/h2,4-7,10,14-15,20H,3,8-9H2,1H3. The Balaban J connectivity index is 1.82. The second kappa shape index (κ2) is 5.90. The van der Waals surface area contributed by atoms with Crippen LogP contribution in [0.1, 0.15) is 48.4 Å². The first-order chi connectivity index (χ1) is 9.74. The lowest BCUT2D eigenvalue weighted by Crippen LogP contribution is -2.32. The van der Waals surface area contributed by atoms with Crippen molar-refractivity contribution in [1.29, 1.82) is 0 Å². The minimum Gasteiger partial charge on any atom is -0.300 e. The van der Waals surface area contributed by atoms with Crippen LogP contribution in [0.15, 0.2) is 36.5 Å². The molecule has 2 aromatic heterocycles. The number of aromatic nitrogens is 2. The number of piperidine rings is 1. The summed E-state index contributed by atoms with van der Waals surface area (Å²) in [6.45, 7) is 2.03. The lowest BCUT2D eigenvalue weighted by atomic mass is 9.94. The van der Waals surface area contributed by atoms with Crippen LogP contribution in [0.2, 0.25) is 5.02 Å². The van der Waals surface area contributed by atoms with E-state index >= 15 is 0 Å². The molecule has 1 fully saturated rings. The molecule has 3 rings (SSSR count). The highest BCUT2D eigenvalue weighted by Gasteiger charge is 2.26. The highest BCUT2D eigenvalue weighted by molar-refractivity contribution is 6.31. The summed E-state index contributed by atoms with van der Waals surface area (Å²) in [4.78, 5) is 9.06. The van der Waals surface area contributed by atoms with E-state index in [9.17, 15) is 0 Å². The molecular formula is C16H18ClN3. The molecule has 20 heavy (non-hydrogen) atoms. The van der Waals surface area contributed by atoms with Gasteiger partial charge in [0.2, 0.25) is 0 Å². The van der Waals surface area contributed by atoms with Crippen LogP contribution in [0.5, 0.6) is 0 Å². The van der Waals surface area contributed by atoms with Crippen LogP contribution in [-0.2, 0) is 0 Å². The van der Waals surface area contributed by atoms with Crippen molar-refractivity contribution < 1.29 is 0 Å². The molecule has 104 valence electrons. The van der Waals surface area contributed by atoms with Gasteiger partial charge < -0.3 is 5.32 Å². The Morgan fingerprint density at radius 2 is 2.00 bits per heavy atom. The van der Waals surface area contributed by atoms with Crippen LogP contribution >= 0.6 is 11.6 Å². The molecule has 1 saturated heterocycles. The van der Waals surface area contributed by atoms with Gasteiger partial charge in [0.1, 0.15) is 0 Å². The summed E-state index contributed by atoms with van der Waals surface area (Å²) in [5.41, 5.74) is 3.12. The fourth-order valence-corrected chi connectivity index (χ4v) is 3.05. The second-order valence-electron chi connectivity index (χ2n) is 5.28. The van der Waals surface area contributed by atoms with Gasteiger partial charge in [-0.05, 0) is 50.5 Å². The SMILES string of the molecule is Cc1cccc(C2CCCC(c3ncccc3Cl)N2)n1. The number of nitrogens with one attached hydrogen (secondary N) is 1.